The molecule has 0 amide bonds. The van der Waals surface area contributed by atoms with Crippen LogP contribution >= 0.6 is 0 Å². The molecule has 0 N–H and O–H groups in total. The molecule has 0 aromatic carbocycles. The molecule has 0 saturated carbocycles. The molecule has 1 rings (SSSR count). The Kier molecular flexibility index (Phi) is 5.58. The Morgan fingerprint density at radius 2 is 1.88 bits per heavy atom. The molecule has 0 atom stereocenters. The average Bonchev–Trinajstić information content (AvgIpc) is 2.23. The van der Waals surface area contributed by atoms with Gasteiger partial charge in [0.15, 0.2) is 0 Å². The van der Waals surface area contributed by atoms with Crippen molar-refractivity contribution >= 4 is 5.71 Å². The number of nitrogens with zero attached hydrogens (tertiary/aromatic N) is 2. The van der Waals surface area contributed by atoms with E-state index >= 15 is 0 Å². The summed E-state index contributed by atoms with van der Waals surface area (Å²) < 4.78 is 0. The van der Waals surface area contributed by atoms with E-state index in [9.17, 15) is 0 Å². The van der Waals surface area contributed by atoms with Crippen molar-refractivity contribution in [3.05, 3.63) is 11.1 Å². The zero-order valence-corrected chi connectivity index (χ0v) is 11.3. The van der Waals surface area contributed by atoms with Crippen LogP contribution < -0.4 is 0 Å². The lowest BCUT2D eigenvalue weighted by Crippen LogP contribution is -2.25. The Morgan fingerprint density at radius 1 is 1.12 bits per heavy atom. The normalized spacial score (nSPS) is 16.8. The maximum absolute atomic E-state index is 4.70. The van der Waals surface area contributed by atoms with Gasteiger partial charge in [0.1, 0.15) is 0 Å². The summed E-state index contributed by atoms with van der Waals surface area (Å²) in [4.78, 5) is 0. The highest BCUT2D eigenvalue weighted by Crippen LogP contribution is 2.22. The summed E-state index contributed by atoms with van der Waals surface area (Å²) in [5.41, 5.74) is 4.41. The molecule has 0 aromatic rings. The van der Waals surface area contributed by atoms with Crippen LogP contribution in [-0.2, 0) is 0 Å². The number of hydrazone groups is 1. The summed E-state index contributed by atoms with van der Waals surface area (Å²) in [6.07, 6.45) is 7.47. The number of allylic oxidation sites excluding steroid dienone is 1. The Labute approximate surface area is 100 Å². The van der Waals surface area contributed by atoms with Crippen LogP contribution in [0.5, 0.6) is 0 Å². The van der Waals surface area contributed by atoms with Gasteiger partial charge in [-0.3, -0.25) is 5.01 Å². The molecule has 92 valence electrons. The van der Waals surface area contributed by atoms with E-state index in [0.29, 0.717) is 0 Å². The monoisotopic (exact) mass is 222 g/mol. The van der Waals surface area contributed by atoms with Crippen molar-refractivity contribution in [3.8, 4) is 0 Å². The maximum Gasteiger partial charge on any atom is 0.0637 e. The topological polar surface area (TPSA) is 15.6 Å². The van der Waals surface area contributed by atoms with Gasteiger partial charge >= 0.3 is 0 Å². The minimum absolute atomic E-state index is 1.01. The van der Waals surface area contributed by atoms with Gasteiger partial charge in [-0.25, -0.2) is 0 Å². The molecule has 0 bridgehead atoms. The van der Waals surface area contributed by atoms with Gasteiger partial charge in [0.25, 0.3) is 0 Å². The van der Waals surface area contributed by atoms with Crippen molar-refractivity contribution in [2.24, 2.45) is 5.10 Å². The van der Waals surface area contributed by atoms with E-state index in [2.05, 4.69) is 32.8 Å². The standard InChI is InChI=1S/C14H26N2/c1-5-7-8-10-14-13(9-6-2)12(3)11-16(4)15-14/h5-11H2,1-4H3. The minimum Gasteiger partial charge on any atom is -0.296 e. The number of hydrogen-bond donors (Lipinski definition) is 0. The Balaban J connectivity index is 2.67. The van der Waals surface area contributed by atoms with Gasteiger partial charge in [0.2, 0.25) is 0 Å². The van der Waals surface area contributed by atoms with E-state index in [1.165, 1.54) is 49.0 Å². The summed E-state index contributed by atoms with van der Waals surface area (Å²) in [7, 11) is 2.08. The molecule has 1 aliphatic rings. The molecule has 0 unspecified atom stereocenters. The van der Waals surface area contributed by atoms with Gasteiger partial charge in [-0.05, 0) is 37.3 Å². The molecule has 1 heterocycles. The van der Waals surface area contributed by atoms with Crippen molar-refractivity contribution in [1.29, 1.82) is 0 Å². The second-order valence-corrected chi connectivity index (χ2v) is 4.83. The number of rotatable bonds is 6. The largest absolute Gasteiger partial charge is 0.296 e. The second kappa shape index (κ2) is 6.72. The smallest absolute Gasteiger partial charge is 0.0637 e. The van der Waals surface area contributed by atoms with Crippen LogP contribution in [0.4, 0.5) is 0 Å². The molecular weight excluding hydrogens is 196 g/mol. The Hall–Kier alpha value is -0.790. The first-order chi connectivity index (χ1) is 7.69. The molecule has 0 aromatic heterocycles. The third-order valence-electron chi connectivity index (χ3n) is 3.14. The number of likely N-dealkylation sites (N-methyl/N-ethyl adjacent to an activating group) is 1. The zero-order valence-electron chi connectivity index (χ0n) is 11.3. The van der Waals surface area contributed by atoms with E-state index in [-0.39, 0.29) is 0 Å². The van der Waals surface area contributed by atoms with Gasteiger partial charge < -0.3 is 0 Å². The highest BCUT2D eigenvalue weighted by Gasteiger charge is 2.16. The summed E-state index contributed by atoms with van der Waals surface area (Å²) in [6, 6.07) is 0. The molecule has 0 saturated heterocycles. The lowest BCUT2D eigenvalue weighted by molar-refractivity contribution is 0.376. The third-order valence-corrected chi connectivity index (χ3v) is 3.14. The van der Waals surface area contributed by atoms with Crippen molar-refractivity contribution in [2.75, 3.05) is 13.6 Å². The predicted octanol–water partition coefficient (Wildman–Crippen LogP) is 3.98. The van der Waals surface area contributed by atoms with Crippen LogP contribution in [0.25, 0.3) is 0 Å². The molecule has 0 spiro atoms. The summed E-state index contributed by atoms with van der Waals surface area (Å²) in [5, 5.41) is 6.78. The van der Waals surface area contributed by atoms with Crippen LogP contribution in [0.3, 0.4) is 0 Å². The summed E-state index contributed by atoms with van der Waals surface area (Å²) >= 11 is 0. The van der Waals surface area contributed by atoms with Gasteiger partial charge in [-0.1, -0.05) is 33.1 Å². The summed E-state index contributed by atoms with van der Waals surface area (Å²) in [5.74, 6) is 0. The van der Waals surface area contributed by atoms with Crippen LogP contribution in [0.2, 0.25) is 0 Å². The molecule has 1 aliphatic heterocycles. The molecule has 0 fully saturated rings. The molecule has 16 heavy (non-hydrogen) atoms. The molecule has 2 heteroatoms. The molecule has 0 aliphatic carbocycles. The number of unbranched alkanes of at least 4 members (excludes halogenated alkanes) is 2. The lowest BCUT2D eigenvalue weighted by Gasteiger charge is -2.25. The van der Waals surface area contributed by atoms with E-state index in [1.807, 2.05) is 0 Å². The van der Waals surface area contributed by atoms with E-state index in [0.717, 1.165) is 13.0 Å². The van der Waals surface area contributed by atoms with Gasteiger partial charge in [0, 0.05) is 7.05 Å². The predicted molar refractivity (Wildman–Crippen MR) is 71.8 cm³/mol. The van der Waals surface area contributed by atoms with E-state index in [4.69, 9.17) is 5.10 Å². The fourth-order valence-electron chi connectivity index (χ4n) is 2.34. The number of hydrogen-bond acceptors (Lipinski definition) is 2. The molecular formula is C14H26N2. The SMILES string of the molecule is CCCCCC1=NN(C)CC(C)=C1CCC. The second-order valence-electron chi connectivity index (χ2n) is 4.83. The van der Waals surface area contributed by atoms with Crippen molar-refractivity contribution in [3.63, 3.8) is 0 Å². The van der Waals surface area contributed by atoms with Crippen molar-refractivity contribution in [2.45, 2.75) is 59.3 Å². The Morgan fingerprint density at radius 3 is 2.50 bits per heavy atom. The fraction of sp³-hybridized carbons (Fsp3) is 0.786. The van der Waals surface area contributed by atoms with Gasteiger partial charge in [-0.15, -0.1) is 0 Å². The first kappa shape index (κ1) is 13.3. The first-order valence-corrected chi connectivity index (χ1v) is 6.66. The highest BCUT2D eigenvalue weighted by atomic mass is 15.4. The quantitative estimate of drug-likeness (QED) is 0.621. The average molecular weight is 222 g/mol. The lowest BCUT2D eigenvalue weighted by atomic mass is 9.95. The Bertz CT molecular complexity index is 276. The van der Waals surface area contributed by atoms with E-state index < -0.39 is 0 Å². The minimum atomic E-state index is 1.01. The van der Waals surface area contributed by atoms with E-state index in [1.54, 1.807) is 0 Å². The summed E-state index contributed by atoms with van der Waals surface area (Å²) in [6.45, 7) is 7.77. The molecule has 2 nitrogen and oxygen atoms in total. The van der Waals surface area contributed by atoms with Crippen molar-refractivity contribution in [1.82, 2.24) is 5.01 Å². The fourth-order valence-corrected chi connectivity index (χ4v) is 2.34. The highest BCUT2D eigenvalue weighted by molar-refractivity contribution is 6.01. The van der Waals surface area contributed by atoms with Crippen molar-refractivity contribution < 1.29 is 0 Å². The maximum atomic E-state index is 4.70. The molecule has 0 radical (unpaired) electrons. The third kappa shape index (κ3) is 3.66. The van der Waals surface area contributed by atoms with Crippen LogP contribution in [0.15, 0.2) is 16.2 Å². The van der Waals surface area contributed by atoms with Crippen LogP contribution in [-0.4, -0.2) is 24.3 Å². The van der Waals surface area contributed by atoms with Crippen LogP contribution in [0.1, 0.15) is 59.3 Å². The van der Waals surface area contributed by atoms with Crippen LogP contribution in [0, 0.1) is 0 Å². The first-order valence-electron chi connectivity index (χ1n) is 6.66. The zero-order chi connectivity index (χ0) is 12.0. The van der Waals surface area contributed by atoms with Gasteiger partial charge in [-0.2, -0.15) is 5.10 Å². The van der Waals surface area contributed by atoms with Gasteiger partial charge in [0.05, 0.1) is 12.3 Å².